The summed E-state index contributed by atoms with van der Waals surface area (Å²) in [6, 6.07) is 0. The molecule has 3 aromatic rings. The van der Waals surface area contributed by atoms with Gasteiger partial charge in [-0.15, -0.1) is 0 Å². The van der Waals surface area contributed by atoms with Gasteiger partial charge in [-0.25, -0.2) is 4.98 Å². The minimum atomic E-state index is 0.668. The van der Waals surface area contributed by atoms with Gasteiger partial charge in [0.05, 0.1) is 17.6 Å². The van der Waals surface area contributed by atoms with Gasteiger partial charge in [-0.2, -0.15) is 10.2 Å². The van der Waals surface area contributed by atoms with Gasteiger partial charge in [-0.05, 0) is 49.9 Å². The number of aromatic nitrogens is 5. The Kier molecular flexibility index (Phi) is 3.08. The predicted molar refractivity (Wildman–Crippen MR) is 83.5 cm³/mol. The maximum Gasteiger partial charge on any atom is 0.156 e. The van der Waals surface area contributed by atoms with Crippen molar-refractivity contribution in [2.75, 3.05) is 0 Å². The molecule has 3 rings (SSSR count). The van der Waals surface area contributed by atoms with Crippen LogP contribution in [-0.2, 0) is 20.5 Å². The second kappa shape index (κ2) is 4.69. The van der Waals surface area contributed by atoms with Crippen LogP contribution in [-0.4, -0.2) is 24.5 Å². The summed E-state index contributed by atoms with van der Waals surface area (Å²) in [7, 11) is 3.90. The summed E-state index contributed by atoms with van der Waals surface area (Å²) < 4.78 is 3.72. The second-order valence-electron chi connectivity index (χ2n) is 5.81. The molecule has 0 aliphatic heterocycles. The summed E-state index contributed by atoms with van der Waals surface area (Å²) in [5, 5.41) is 10.4. The Labute approximate surface area is 124 Å². The van der Waals surface area contributed by atoms with E-state index in [0.29, 0.717) is 6.42 Å². The Hall–Kier alpha value is -2.17. The lowest BCUT2D eigenvalue weighted by atomic mass is 9.94. The van der Waals surface area contributed by atoms with Gasteiger partial charge in [-0.3, -0.25) is 9.36 Å². The summed E-state index contributed by atoms with van der Waals surface area (Å²) in [4.78, 5) is 4.32. The fraction of sp³-hybridized carbons (Fsp3) is 0.438. The van der Waals surface area contributed by atoms with Crippen molar-refractivity contribution in [2.24, 2.45) is 14.1 Å². The first kappa shape index (κ1) is 13.8. The Bertz CT molecular complexity index is 838. The van der Waals surface area contributed by atoms with Crippen LogP contribution in [0.25, 0.3) is 10.9 Å². The van der Waals surface area contributed by atoms with Gasteiger partial charge in [0.25, 0.3) is 0 Å². The van der Waals surface area contributed by atoms with Crippen molar-refractivity contribution in [1.82, 2.24) is 24.5 Å². The minimum Gasteiger partial charge on any atom is -0.267 e. The summed E-state index contributed by atoms with van der Waals surface area (Å²) in [5.41, 5.74) is 7.60. The molecule has 0 aliphatic rings. The van der Waals surface area contributed by atoms with E-state index in [1.165, 1.54) is 33.2 Å². The molecule has 2 aromatic heterocycles. The Balaban J connectivity index is 2.25. The molecular formula is C16H21N5. The molecule has 0 aliphatic carbocycles. The van der Waals surface area contributed by atoms with E-state index in [-0.39, 0.29) is 0 Å². The van der Waals surface area contributed by atoms with E-state index in [1.54, 1.807) is 11.0 Å². The summed E-state index contributed by atoms with van der Waals surface area (Å²) in [6.45, 7) is 8.73. The van der Waals surface area contributed by atoms with Crippen LogP contribution in [0.1, 0.15) is 33.8 Å². The number of hydrogen-bond acceptors (Lipinski definition) is 3. The molecule has 110 valence electrons. The first-order chi connectivity index (χ1) is 9.90. The first-order valence-electron chi connectivity index (χ1n) is 7.16. The largest absolute Gasteiger partial charge is 0.267 e. The fourth-order valence-corrected chi connectivity index (χ4v) is 3.07. The summed E-state index contributed by atoms with van der Waals surface area (Å²) in [6.07, 6.45) is 2.40. The van der Waals surface area contributed by atoms with Crippen molar-refractivity contribution in [3.8, 4) is 0 Å². The SMILES string of the molecule is Cc1c(C)c(C)c2c(c(Cc3ncn(C)n3)nn2C)c1C. The van der Waals surface area contributed by atoms with Crippen molar-refractivity contribution in [2.45, 2.75) is 34.1 Å². The molecule has 0 spiro atoms. The molecule has 5 nitrogen and oxygen atoms in total. The maximum atomic E-state index is 4.73. The Morgan fingerprint density at radius 1 is 0.905 bits per heavy atom. The summed E-state index contributed by atoms with van der Waals surface area (Å²) in [5.74, 6) is 0.813. The fourth-order valence-electron chi connectivity index (χ4n) is 3.07. The van der Waals surface area contributed by atoms with Gasteiger partial charge in [0.15, 0.2) is 5.82 Å². The molecule has 0 atom stereocenters. The molecule has 0 N–H and O–H groups in total. The second-order valence-corrected chi connectivity index (χ2v) is 5.81. The smallest absolute Gasteiger partial charge is 0.156 e. The molecule has 0 saturated carbocycles. The molecule has 0 amide bonds. The van der Waals surface area contributed by atoms with Gasteiger partial charge >= 0.3 is 0 Å². The molecule has 0 bridgehead atoms. The van der Waals surface area contributed by atoms with Crippen LogP contribution in [0.2, 0.25) is 0 Å². The molecule has 1 aromatic carbocycles. The van der Waals surface area contributed by atoms with Crippen LogP contribution >= 0.6 is 0 Å². The maximum absolute atomic E-state index is 4.73. The third-order valence-electron chi connectivity index (χ3n) is 4.51. The van der Waals surface area contributed by atoms with Crippen molar-refractivity contribution in [3.63, 3.8) is 0 Å². The molecule has 0 radical (unpaired) electrons. The lowest BCUT2D eigenvalue weighted by Gasteiger charge is -2.12. The van der Waals surface area contributed by atoms with E-state index in [4.69, 9.17) is 5.10 Å². The van der Waals surface area contributed by atoms with Crippen LogP contribution in [0.3, 0.4) is 0 Å². The third kappa shape index (κ3) is 2.04. The van der Waals surface area contributed by atoms with Crippen molar-refractivity contribution in [1.29, 1.82) is 0 Å². The quantitative estimate of drug-likeness (QED) is 0.726. The third-order valence-corrected chi connectivity index (χ3v) is 4.51. The molecular weight excluding hydrogens is 262 g/mol. The monoisotopic (exact) mass is 283 g/mol. The number of hydrogen-bond donors (Lipinski definition) is 0. The first-order valence-corrected chi connectivity index (χ1v) is 7.16. The van der Waals surface area contributed by atoms with E-state index in [1.807, 2.05) is 18.8 Å². The van der Waals surface area contributed by atoms with Crippen LogP contribution < -0.4 is 0 Å². The zero-order valence-electron chi connectivity index (χ0n) is 13.5. The van der Waals surface area contributed by atoms with Crippen LogP contribution in [0.5, 0.6) is 0 Å². The van der Waals surface area contributed by atoms with E-state index in [0.717, 1.165) is 11.5 Å². The highest BCUT2D eigenvalue weighted by molar-refractivity contribution is 5.90. The van der Waals surface area contributed by atoms with Crippen molar-refractivity contribution >= 4 is 10.9 Å². The van der Waals surface area contributed by atoms with Crippen molar-refractivity contribution in [3.05, 3.63) is 40.1 Å². The van der Waals surface area contributed by atoms with E-state index in [9.17, 15) is 0 Å². The predicted octanol–water partition coefficient (Wildman–Crippen LogP) is 2.53. The number of benzene rings is 1. The Morgan fingerprint density at radius 2 is 1.57 bits per heavy atom. The lowest BCUT2D eigenvalue weighted by molar-refractivity contribution is 0.736. The summed E-state index contributed by atoms with van der Waals surface area (Å²) >= 11 is 0. The molecule has 0 fully saturated rings. The number of aryl methyl sites for hydroxylation is 4. The van der Waals surface area contributed by atoms with E-state index < -0.39 is 0 Å². The standard InChI is InChI=1S/C16H21N5/c1-9-10(2)12(4)16-15(11(9)3)13(18-21(16)6)7-14-17-8-20(5)19-14/h8H,7H2,1-6H3. The molecule has 2 heterocycles. The zero-order valence-corrected chi connectivity index (χ0v) is 13.5. The normalized spacial score (nSPS) is 11.5. The van der Waals surface area contributed by atoms with Crippen LogP contribution in [0, 0.1) is 27.7 Å². The van der Waals surface area contributed by atoms with E-state index >= 15 is 0 Å². The van der Waals surface area contributed by atoms with Gasteiger partial charge in [0.1, 0.15) is 6.33 Å². The Morgan fingerprint density at radius 3 is 2.19 bits per heavy atom. The van der Waals surface area contributed by atoms with Crippen molar-refractivity contribution < 1.29 is 0 Å². The molecule has 21 heavy (non-hydrogen) atoms. The minimum absolute atomic E-state index is 0.668. The van der Waals surface area contributed by atoms with Gasteiger partial charge in [0, 0.05) is 19.5 Å². The molecule has 5 heteroatoms. The highest BCUT2D eigenvalue weighted by Crippen LogP contribution is 2.31. The average molecular weight is 283 g/mol. The van der Waals surface area contributed by atoms with Crippen LogP contribution in [0.15, 0.2) is 6.33 Å². The topological polar surface area (TPSA) is 48.5 Å². The highest BCUT2D eigenvalue weighted by Gasteiger charge is 2.18. The molecule has 0 unspecified atom stereocenters. The van der Waals surface area contributed by atoms with Gasteiger partial charge in [-0.1, -0.05) is 0 Å². The highest BCUT2D eigenvalue weighted by atomic mass is 15.3. The zero-order chi connectivity index (χ0) is 15.3. The van der Waals surface area contributed by atoms with Gasteiger partial charge < -0.3 is 0 Å². The number of rotatable bonds is 2. The van der Waals surface area contributed by atoms with E-state index in [2.05, 4.69) is 37.8 Å². The average Bonchev–Trinajstić information content (AvgIpc) is 2.98. The number of fused-ring (bicyclic) bond motifs is 1. The lowest BCUT2D eigenvalue weighted by Crippen LogP contribution is -1.97. The van der Waals surface area contributed by atoms with Gasteiger partial charge in [0.2, 0.25) is 0 Å². The van der Waals surface area contributed by atoms with Crippen LogP contribution in [0.4, 0.5) is 0 Å². The molecule has 0 saturated heterocycles. The number of nitrogens with zero attached hydrogens (tertiary/aromatic N) is 5.